The number of aryl methyl sites for hydroxylation is 1. The van der Waals surface area contributed by atoms with Crippen LogP contribution in [0, 0.1) is 0 Å². The summed E-state index contributed by atoms with van der Waals surface area (Å²) in [5.41, 5.74) is 4.28. The Labute approximate surface area is 137 Å². The minimum atomic E-state index is 0. The Balaban J connectivity index is 0.00000161. The van der Waals surface area contributed by atoms with Crippen molar-refractivity contribution in [1.29, 1.82) is 0 Å². The van der Waals surface area contributed by atoms with Gasteiger partial charge in [0.25, 0.3) is 0 Å². The monoisotopic (exact) mass is 347 g/mol. The maximum Gasteiger partial charge on any atom is 0.118 e. The summed E-state index contributed by atoms with van der Waals surface area (Å²) < 4.78 is 5.19. The van der Waals surface area contributed by atoms with Crippen molar-refractivity contribution in [2.24, 2.45) is 0 Å². The van der Waals surface area contributed by atoms with Gasteiger partial charge in [-0.25, -0.2) is 0 Å². The number of ether oxygens (including phenoxy) is 1. The second-order valence-corrected chi connectivity index (χ2v) is 5.37. The third-order valence-electron chi connectivity index (χ3n) is 4.08. The molecule has 3 heteroatoms. The van der Waals surface area contributed by atoms with E-state index >= 15 is 0 Å². The number of fused-ring (bicyclic) bond motifs is 1. The highest BCUT2D eigenvalue weighted by Crippen LogP contribution is 2.29. The van der Waals surface area contributed by atoms with Gasteiger partial charge in [-0.1, -0.05) is 36.4 Å². The van der Waals surface area contributed by atoms with Gasteiger partial charge in [0, 0.05) is 12.6 Å². The fraction of sp³-hybridized carbons (Fsp3) is 0.333. The predicted molar refractivity (Wildman–Crippen MR) is 92.3 cm³/mol. The summed E-state index contributed by atoms with van der Waals surface area (Å²) in [6.45, 7) is 0.906. The standard InChI is InChI=1S/C18H21NO.BrH/c1-20-16-11-9-14(10-12-16)13-19-18-8-4-6-15-5-2-3-7-17(15)18;/h2-3,5,7,9-12,18-19H,4,6,8,13H2,1H3;1H. The molecule has 1 atom stereocenters. The summed E-state index contributed by atoms with van der Waals surface area (Å²) in [4.78, 5) is 0. The lowest BCUT2D eigenvalue weighted by Crippen LogP contribution is -2.24. The molecule has 112 valence electrons. The first kappa shape index (κ1) is 16.1. The van der Waals surface area contributed by atoms with Crippen LogP contribution in [0.4, 0.5) is 0 Å². The zero-order valence-electron chi connectivity index (χ0n) is 12.3. The Morgan fingerprint density at radius 2 is 1.86 bits per heavy atom. The van der Waals surface area contributed by atoms with Crippen LogP contribution in [0.1, 0.15) is 35.6 Å². The van der Waals surface area contributed by atoms with Gasteiger partial charge in [-0.15, -0.1) is 17.0 Å². The summed E-state index contributed by atoms with van der Waals surface area (Å²) >= 11 is 0. The number of halogens is 1. The highest BCUT2D eigenvalue weighted by Gasteiger charge is 2.18. The van der Waals surface area contributed by atoms with Gasteiger partial charge in [0.05, 0.1) is 7.11 Å². The van der Waals surface area contributed by atoms with E-state index in [0.29, 0.717) is 6.04 Å². The fourth-order valence-corrected chi connectivity index (χ4v) is 2.95. The Morgan fingerprint density at radius 3 is 2.62 bits per heavy atom. The van der Waals surface area contributed by atoms with Crippen molar-refractivity contribution < 1.29 is 4.74 Å². The van der Waals surface area contributed by atoms with Crippen LogP contribution in [0.2, 0.25) is 0 Å². The van der Waals surface area contributed by atoms with E-state index in [1.807, 2.05) is 12.1 Å². The van der Waals surface area contributed by atoms with E-state index in [1.54, 1.807) is 7.11 Å². The third kappa shape index (κ3) is 3.86. The number of hydrogen-bond donors (Lipinski definition) is 1. The van der Waals surface area contributed by atoms with Crippen molar-refractivity contribution in [2.75, 3.05) is 7.11 Å². The molecule has 3 rings (SSSR count). The number of rotatable bonds is 4. The van der Waals surface area contributed by atoms with E-state index in [4.69, 9.17) is 4.74 Å². The number of hydrogen-bond acceptors (Lipinski definition) is 2. The first-order valence-corrected chi connectivity index (χ1v) is 7.31. The van der Waals surface area contributed by atoms with Crippen LogP contribution in [0.5, 0.6) is 5.75 Å². The Kier molecular flexibility index (Phi) is 5.83. The van der Waals surface area contributed by atoms with Crippen molar-refractivity contribution in [3.8, 4) is 5.75 Å². The Morgan fingerprint density at radius 1 is 1.10 bits per heavy atom. The molecule has 2 aromatic rings. The molecule has 1 aliphatic rings. The van der Waals surface area contributed by atoms with Crippen LogP contribution in [-0.2, 0) is 13.0 Å². The third-order valence-corrected chi connectivity index (χ3v) is 4.08. The van der Waals surface area contributed by atoms with Gasteiger partial charge in [0.15, 0.2) is 0 Å². The van der Waals surface area contributed by atoms with E-state index in [1.165, 1.54) is 36.0 Å². The summed E-state index contributed by atoms with van der Waals surface area (Å²) in [5.74, 6) is 0.914. The molecule has 0 amide bonds. The highest BCUT2D eigenvalue weighted by atomic mass is 79.9. The molecule has 0 saturated heterocycles. The molecular formula is C18H22BrNO. The second kappa shape index (κ2) is 7.62. The van der Waals surface area contributed by atoms with Crippen LogP contribution in [0.15, 0.2) is 48.5 Å². The predicted octanol–water partition coefficient (Wildman–Crippen LogP) is 4.44. The molecule has 0 spiro atoms. The van der Waals surface area contributed by atoms with Crippen LogP contribution in [0.25, 0.3) is 0 Å². The topological polar surface area (TPSA) is 21.3 Å². The SMILES string of the molecule is Br.COc1ccc(CNC2CCCc3ccccc32)cc1. The van der Waals surface area contributed by atoms with Crippen LogP contribution >= 0.6 is 17.0 Å². The molecule has 0 saturated carbocycles. The van der Waals surface area contributed by atoms with E-state index in [2.05, 4.69) is 41.7 Å². The minimum absolute atomic E-state index is 0. The zero-order valence-corrected chi connectivity index (χ0v) is 14.1. The molecule has 1 aliphatic carbocycles. The van der Waals surface area contributed by atoms with Gasteiger partial charge in [0.1, 0.15) is 5.75 Å². The molecule has 2 aromatic carbocycles. The molecule has 0 aromatic heterocycles. The molecule has 1 N–H and O–H groups in total. The van der Waals surface area contributed by atoms with Crippen LogP contribution in [-0.4, -0.2) is 7.11 Å². The van der Waals surface area contributed by atoms with Gasteiger partial charge in [-0.05, 0) is 48.1 Å². The number of benzene rings is 2. The van der Waals surface area contributed by atoms with Crippen molar-refractivity contribution in [1.82, 2.24) is 5.32 Å². The van der Waals surface area contributed by atoms with Gasteiger partial charge in [-0.2, -0.15) is 0 Å². The Bertz CT molecular complexity index is 568. The molecule has 2 nitrogen and oxygen atoms in total. The van der Waals surface area contributed by atoms with Crippen molar-refractivity contribution in [3.63, 3.8) is 0 Å². The van der Waals surface area contributed by atoms with Crippen molar-refractivity contribution in [3.05, 3.63) is 65.2 Å². The molecule has 21 heavy (non-hydrogen) atoms. The van der Waals surface area contributed by atoms with E-state index < -0.39 is 0 Å². The molecule has 0 fully saturated rings. The highest BCUT2D eigenvalue weighted by molar-refractivity contribution is 8.93. The fourth-order valence-electron chi connectivity index (χ4n) is 2.95. The van der Waals surface area contributed by atoms with E-state index in [9.17, 15) is 0 Å². The largest absolute Gasteiger partial charge is 0.497 e. The first-order chi connectivity index (χ1) is 9.86. The van der Waals surface area contributed by atoms with Crippen molar-refractivity contribution in [2.45, 2.75) is 31.8 Å². The molecule has 0 heterocycles. The van der Waals surface area contributed by atoms with Gasteiger partial charge in [0.2, 0.25) is 0 Å². The number of methoxy groups -OCH3 is 1. The lowest BCUT2D eigenvalue weighted by atomic mass is 9.87. The minimum Gasteiger partial charge on any atom is -0.497 e. The molecule has 0 radical (unpaired) electrons. The van der Waals surface area contributed by atoms with Crippen molar-refractivity contribution >= 4 is 17.0 Å². The van der Waals surface area contributed by atoms with Gasteiger partial charge in [-0.3, -0.25) is 0 Å². The smallest absolute Gasteiger partial charge is 0.118 e. The maximum atomic E-state index is 5.19. The zero-order chi connectivity index (χ0) is 13.8. The van der Waals surface area contributed by atoms with Gasteiger partial charge >= 0.3 is 0 Å². The summed E-state index contributed by atoms with van der Waals surface area (Å²) in [7, 11) is 1.70. The van der Waals surface area contributed by atoms with E-state index in [0.717, 1.165) is 12.3 Å². The molecule has 1 unspecified atom stereocenters. The summed E-state index contributed by atoms with van der Waals surface area (Å²) in [5, 5.41) is 3.69. The van der Waals surface area contributed by atoms with Crippen LogP contribution < -0.4 is 10.1 Å². The lowest BCUT2D eigenvalue weighted by molar-refractivity contribution is 0.414. The molecule has 0 aliphatic heterocycles. The summed E-state index contributed by atoms with van der Waals surface area (Å²) in [6.07, 6.45) is 3.72. The first-order valence-electron chi connectivity index (χ1n) is 7.31. The molecular weight excluding hydrogens is 326 g/mol. The average molecular weight is 348 g/mol. The lowest BCUT2D eigenvalue weighted by Gasteiger charge is -2.26. The number of nitrogens with one attached hydrogen (secondary N) is 1. The average Bonchev–Trinajstić information content (AvgIpc) is 2.53. The van der Waals surface area contributed by atoms with Crippen LogP contribution in [0.3, 0.4) is 0 Å². The maximum absolute atomic E-state index is 5.19. The second-order valence-electron chi connectivity index (χ2n) is 5.37. The normalized spacial score (nSPS) is 16.7. The quantitative estimate of drug-likeness (QED) is 0.882. The van der Waals surface area contributed by atoms with E-state index in [-0.39, 0.29) is 17.0 Å². The summed E-state index contributed by atoms with van der Waals surface area (Å²) in [6, 6.07) is 17.6. The molecule has 0 bridgehead atoms. The Hall–Kier alpha value is -1.32. The van der Waals surface area contributed by atoms with Gasteiger partial charge < -0.3 is 10.1 Å².